The van der Waals surface area contributed by atoms with Crippen LogP contribution in [0.25, 0.3) is 5.65 Å². The van der Waals surface area contributed by atoms with Gasteiger partial charge < -0.3 is 4.90 Å². The van der Waals surface area contributed by atoms with E-state index in [1.165, 1.54) is 10.6 Å². The molecule has 0 aromatic carbocycles. The summed E-state index contributed by atoms with van der Waals surface area (Å²) in [5, 5.41) is 0. The van der Waals surface area contributed by atoms with Crippen LogP contribution in [0.1, 0.15) is 61.4 Å². The van der Waals surface area contributed by atoms with Gasteiger partial charge in [0.2, 0.25) is 0 Å². The van der Waals surface area contributed by atoms with E-state index in [4.69, 9.17) is 0 Å². The van der Waals surface area contributed by atoms with Gasteiger partial charge in [-0.05, 0) is 69.1 Å². The highest BCUT2D eigenvalue weighted by atomic mass is 16.2. The summed E-state index contributed by atoms with van der Waals surface area (Å²) < 4.78 is 1.48. The molecule has 0 N–H and O–H groups in total. The van der Waals surface area contributed by atoms with Crippen molar-refractivity contribution < 1.29 is 4.79 Å². The number of pyridine rings is 1. The lowest BCUT2D eigenvalue weighted by Crippen LogP contribution is -2.45. The van der Waals surface area contributed by atoms with Crippen LogP contribution in [0.2, 0.25) is 0 Å². The third-order valence-electron chi connectivity index (χ3n) is 5.65. The molecule has 4 rings (SSSR count). The Hall–Kier alpha value is -2.17. The minimum absolute atomic E-state index is 0.130. The second-order valence-corrected chi connectivity index (χ2v) is 7.77. The molecule has 0 unspecified atom stereocenters. The van der Waals surface area contributed by atoms with Gasteiger partial charge in [0.1, 0.15) is 11.2 Å². The Balaban J connectivity index is 1.69. The van der Waals surface area contributed by atoms with Crippen LogP contribution >= 0.6 is 0 Å². The molecule has 5 nitrogen and oxygen atoms in total. The Morgan fingerprint density at radius 2 is 1.80 bits per heavy atom. The lowest BCUT2D eigenvalue weighted by Gasteiger charge is -2.36. The number of fused-ring (bicyclic) bond motifs is 1. The average molecular weight is 339 g/mol. The standard InChI is InChI=1S/C20H25N3O2/c1-13-3-5-15(6-4-13)23(16-7-8-16)20(25)17-12-21-18-11-14(2)9-10-22(18)19(17)24/h9-13,15-16H,3-8H2,1-2H3. The number of carbonyl (C=O) groups excluding carboxylic acids is 1. The Morgan fingerprint density at radius 3 is 2.44 bits per heavy atom. The van der Waals surface area contributed by atoms with Crippen molar-refractivity contribution in [2.45, 2.75) is 64.5 Å². The number of aryl methyl sites for hydroxylation is 1. The Kier molecular flexibility index (Phi) is 4.10. The fourth-order valence-corrected chi connectivity index (χ4v) is 3.97. The Labute approximate surface area is 147 Å². The minimum Gasteiger partial charge on any atom is -0.332 e. The van der Waals surface area contributed by atoms with Gasteiger partial charge in [0.25, 0.3) is 11.5 Å². The van der Waals surface area contributed by atoms with Gasteiger partial charge in [-0.15, -0.1) is 0 Å². The first-order chi connectivity index (χ1) is 12.0. The molecule has 2 aliphatic rings. The number of aromatic nitrogens is 2. The predicted molar refractivity (Wildman–Crippen MR) is 96.8 cm³/mol. The monoisotopic (exact) mass is 339 g/mol. The van der Waals surface area contributed by atoms with Crippen LogP contribution in [0.15, 0.2) is 29.3 Å². The predicted octanol–water partition coefficient (Wildman–Crippen LogP) is 3.19. The van der Waals surface area contributed by atoms with Gasteiger partial charge in [0, 0.05) is 24.5 Å². The van der Waals surface area contributed by atoms with Gasteiger partial charge in [-0.2, -0.15) is 0 Å². The highest BCUT2D eigenvalue weighted by Gasteiger charge is 2.39. The Morgan fingerprint density at radius 1 is 1.16 bits per heavy atom. The molecule has 2 heterocycles. The summed E-state index contributed by atoms with van der Waals surface area (Å²) >= 11 is 0. The molecule has 2 saturated carbocycles. The fraction of sp³-hybridized carbons (Fsp3) is 0.550. The number of rotatable bonds is 3. The fourth-order valence-electron chi connectivity index (χ4n) is 3.97. The SMILES string of the molecule is Cc1ccn2c(=O)c(C(=O)N(C3CCC(C)CC3)C3CC3)cnc2c1. The maximum atomic E-state index is 13.2. The van der Waals surface area contributed by atoms with Crippen LogP contribution in [0.5, 0.6) is 0 Å². The van der Waals surface area contributed by atoms with Crippen molar-refractivity contribution in [2.75, 3.05) is 0 Å². The van der Waals surface area contributed by atoms with Crippen LogP contribution in [-0.4, -0.2) is 32.3 Å². The second kappa shape index (κ2) is 6.28. The molecule has 0 atom stereocenters. The lowest BCUT2D eigenvalue weighted by molar-refractivity contribution is 0.0590. The summed E-state index contributed by atoms with van der Waals surface area (Å²) in [6, 6.07) is 4.31. The van der Waals surface area contributed by atoms with E-state index in [1.807, 2.05) is 24.0 Å². The van der Waals surface area contributed by atoms with Gasteiger partial charge in [-0.25, -0.2) is 4.98 Å². The smallest absolute Gasteiger partial charge is 0.270 e. The molecule has 5 heteroatoms. The lowest BCUT2D eigenvalue weighted by atomic mass is 9.86. The summed E-state index contributed by atoms with van der Waals surface area (Å²) in [6.07, 6.45) is 9.71. The van der Waals surface area contributed by atoms with Crippen molar-refractivity contribution in [3.8, 4) is 0 Å². The highest BCUT2D eigenvalue weighted by molar-refractivity contribution is 5.94. The van der Waals surface area contributed by atoms with Gasteiger partial charge in [-0.3, -0.25) is 14.0 Å². The molecule has 132 valence electrons. The largest absolute Gasteiger partial charge is 0.332 e. The van der Waals surface area contributed by atoms with Crippen molar-refractivity contribution in [3.63, 3.8) is 0 Å². The van der Waals surface area contributed by atoms with E-state index in [9.17, 15) is 9.59 Å². The van der Waals surface area contributed by atoms with Crippen molar-refractivity contribution in [3.05, 3.63) is 46.0 Å². The topological polar surface area (TPSA) is 54.7 Å². The molecule has 0 bridgehead atoms. The number of hydrogen-bond acceptors (Lipinski definition) is 3. The van der Waals surface area contributed by atoms with E-state index in [-0.39, 0.29) is 23.1 Å². The van der Waals surface area contributed by atoms with E-state index in [2.05, 4.69) is 11.9 Å². The Bertz CT molecular complexity index is 861. The van der Waals surface area contributed by atoms with Crippen LogP contribution in [-0.2, 0) is 0 Å². The molecule has 2 aliphatic carbocycles. The normalized spacial score (nSPS) is 23.6. The van der Waals surface area contributed by atoms with Gasteiger partial charge in [0.05, 0.1) is 0 Å². The first kappa shape index (κ1) is 16.3. The molecule has 0 radical (unpaired) electrons. The van der Waals surface area contributed by atoms with Crippen molar-refractivity contribution in [1.82, 2.24) is 14.3 Å². The highest BCUT2D eigenvalue weighted by Crippen LogP contribution is 2.35. The van der Waals surface area contributed by atoms with E-state index >= 15 is 0 Å². The maximum Gasteiger partial charge on any atom is 0.270 e. The summed E-state index contributed by atoms with van der Waals surface area (Å²) in [7, 11) is 0. The van der Waals surface area contributed by atoms with Crippen LogP contribution < -0.4 is 5.56 Å². The zero-order valence-corrected chi connectivity index (χ0v) is 14.9. The van der Waals surface area contributed by atoms with Gasteiger partial charge >= 0.3 is 0 Å². The molecule has 2 aromatic heterocycles. The summed E-state index contributed by atoms with van der Waals surface area (Å²) in [5.41, 5.74) is 1.57. The zero-order valence-electron chi connectivity index (χ0n) is 14.9. The quantitative estimate of drug-likeness (QED) is 0.863. The van der Waals surface area contributed by atoms with Gasteiger partial charge in [-0.1, -0.05) is 6.92 Å². The molecule has 0 saturated heterocycles. The van der Waals surface area contributed by atoms with E-state index < -0.39 is 0 Å². The second-order valence-electron chi connectivity index (χ2n) is 7.77. The van der Waals surface area contributed by atoms with Crippen LogP contribution in [0.3, 0.4) is 0 Å². The molecule has 2 aromatic rings. The van der Waals surface area contributed by atoms with Crippen LogP contribution in [0.4, 0.5) is 0 Å². The molecule has 1 amide bonds. The first-order valence-corrected chi connectivity index (χ1v) is 9.35. The molecule has 25 heavy (non-hydrogen) atoms. The molecule has 0 aliphatic heterocycles. The first-order valence-electron chi connectivity index (χ1n) is 9.35. The van der Waals surface area contributed by atoms with Crippen LogP contribution in [0, 0.1) is 12.8 Å². The van der Waals surface area contributed by atoms with E-state index in [0.717, 1.165) is 50.0 Å². The summed E-state index contributed by atoms with van der Waals surface area (Å²) in [4.78, 5) is 32.4. The summed E-state index contributed by atoms with van der Waals surface area (Å²) in [5.74, 6) is 0.609. The molecule has 2 fully saturated rings. The number of amides is 1. The third-order valence-corrected chi connectivity index (χ3v) is 5.65. The summed E-state index contributed by atoms with van der Waals surface area (Å²) in [6.45, 7) is 4.24. The average Bonchev–Trinajstić information content (AvgIpc) is 3.42. The van der Waals surface area contributed by atoms with E-state index in [1.54, 1.807) is 6.20 Å². The number of carbonyl (C=O) groups is 1. The van der Waals surface area contributed by atoms with Crippen molar-refractivity contribution >= 4 is 11.6 Å². The maximum absolute atomic E-state index is 13.2. The van der Waals surface area contributed by atoms with Crippen molar-refractivity contribution in [1.29, 1.82) is 0 Å². The molecular weight excluding hydrogens is 314 g/mol. The molecular formula is C20H25N3O2. The minimum atomic E-state index is -0.259. The zero-order chi connectivity index (χ0) is 17.6. The number of hydrogen-bond donors (Lipinski definition) is 0. The molecule has 0 spiro atoms. The van der Waals surface area contributed by atoms with Crippen molar-refractivity contribution in [2.24, 2.45) is 5.92 Å². The third kappa shape index (κ3) is 3.08. The number of nitrogens with zero attached hydrogens (tertiary/aromatic N) is 3. The van der Waals surface area contributed by atoms with E-state index in [0.29, 0.717) is 11.7 Å². The van der Waals surface area contributed by atoms with Gasteiger partial charge in [0.15, 0.2) is 0 Å².